The van der Waals surface area contributed by atoms with Crippen LogP contribution >= 0.6 is 11.3 Å². The highest BCUT2D eigenvalue weighted by atomic mass is 32.1. The van der Waals surface area contributed by atoms with Crippen LogP contribution in [0, 0.1) is 12.8 Å². The molecule has 0 saturated carbocycles. The first-order chi connectivity index (χ1) is 9.06. The molecule has 0 aliphatic carbocycles. The second-order valence-corrected chi connectivity index (χ2v) is 6.25. The highest BCUT2D eigenvalue weighted by molar-refractivity contribution is 7.10. The van der Waals surface area contributed by atoms with Crippen LogP contribution in [-0.4, -0.2) is 25.9 Å². The molecular formula is C15H27NO2S. The monoisotopic (exact) mass is 285 g/mol. The van der Waals surface area contributed by atoms with E-state index in [-0.39, 0.29) is 12.1 Å². The number of hydrogen-bond acceptors (Lipinski definition) is 4. The molecule has 0 aromatic carbocycles. The van der Waals surface area contributed by atoms with Gasteiger partial charge in [0.25, 0.3) is 0 Å². The number of nitrogens with two attached hydrogens (primary N) is 1. The van der Waals surface area contributed by atoms with Gasteiger partial charge in [0.2, 0.25) is 0 Å². The molecule has 19 heavy (non-hydrogen) atoms. The lowest BCUT2D eigenvalue weighted by Crippen LogP contribution is -2.30. The van der Waals surface area contributed by atoms with Crippen molar-refractivity contribution < 1.29 is 9.47 Å². The molecule has 1 rings (SSSR count). The summed E-state index contributed by atoms with van der Waals surface area (Å²) in [5, 5.41) is 2.10. The van der Waals surface area contributed by atoms with Crippen molar-refractivity contribution in [3.63, 3.8) is 0 Å². The third-order valence-corrected chi connectivity index (χ3v) is 4.08. The molecule has 2 unspecified atom stereocenters. The van der Waals surface area contributed by atoms with Gasteiger partial charge in [0, 0.05) is 17.5 Å². The van der Waals surface area contributed by atoms with E-state index in [4.69, 9.17) is 15.2 Å². The number of ether oxygens (including phenoxy) is 2. The lowest BCUT2D eigenvalue weighted by molar-refractivity contribution is -0.0110. The van der Waals surface area contributed by atoms with Gasteiger partial charge >= 0.3 is 0 Å². The van der Waals surface area contributed by atoms with Crippen LogP contribution in [0.1, 0.15) is 43.7 Å². The standard InChI is InChI=1S/C15H27NO2S/c1-5-13(16)14(15-12(4)6-9-19-15)18-8-7-17-10-11(2)3/h6,9,11,13-14H,5,7-8,10,16H2,1-4H3. The molecule has 0 aliphatic rings. The Balaban J connectivity index is 2.46. The van der Waals surface area contributed by atoms with E-state index in [0.717, 1.165) is 13.0 Å². The molecule has 2 N–H and O–H groups in total. The van der Waals surface area contributed by atoms with Crippen molar-refractivity contribution in [1.82, 2.24) is 0 Å². The third-order valence-electron chi connectivity index (χ3n) is 3.00. The predicted octanol–water partition coefficient (Wildman–Crippen LogP) is 3.52. The summed E-state index contributed by atoms with van der Waals surface area (Å²) >= 11 is 1.72. The van der Waals surface area contributed by atoms with Crippen molar-refractivity contribution >= 4 is 11.3 Å². The molecule has 4 heteroatoms. The van der Waals surface area contributed by atoms with Crippen LogP contribution < -0.4 is 5.73 Å². The first-order valence-corrected chi connectivity index (χ1v) is 7.93. The van der Waals surface area contributed by atoms with Crippen LogP contribution in [0.15, 0.2) is 11.4 Å². The van der Waals surface area contributed by atoms with Crippen molar-refractivity contribution in [3.8, 4) is 0 Å². The van der Waals surface area contributed by atoms with Crippen molar-refractivity contribution in [2.75, 3.05) is 19.8 Å². The van der Waals surface area contributed by atoms with Gasteiger partial charge in [0.05, 0.1) is 13.2 Å². The highest BCUT2D eigenvalue weighted by Crippen LogP contribution is 2.29. The van der Waals surface area contributed by atoms with E-state index in [1.54, 1.807) is 11.3 Å². The molecule has 0 radical (unpaired) electrons. The van der Waals surface area contributed by atoms with Crippen LogP contribution in [0.25, 0.3) is 0 Å². The van der Waals surface area contributed by atoms with Gasteiger partial charge in [0.15, 0.2) is 0 Å². The SMILES string of the molecule is CCC(N)C(OCCOCC(C)C)c1sccc1C. The summed E-state index contributed by atoms with van der Waals surface area (Å²) in [6, 6.07) is 2.16. The second kappa shape index (κ2) is 8.69. The molecule has 2 atom stereocenters. The summed E-state index contributed by atoms with van der Waals surface area (Å²) in [6.07, 6.45) is 0.905. The highest BCUT2D eigenvalue weighted by Gasteiger charge is 2.22. The average Bonchev–Trinajstić information content (AvgIpc) is 2.79. The molecule has 110 valence electrons. The first kappa shape index (κ1) is 16.6. The van der Waals surface area contributed by atoms with Crippen molar-refractivity contribution in [2.24, 2.45) is 11.7 Å². The topological polar surface area (TPSA) is 44.5 Å². The maximum atomic E-state index is 6.18. The Kier molecular flexibility index (Phi) is 7.61. The molecule has 1 aromatic heterocycles. The van der Waals surface area contributed by atoms with Gasteiger partial charge < -0.3 is 15.2 Å². The van der Waals surface area contributed by atoms with E-state index >= 15 is 0 Å². The van der Waals surface area contributed by atoms with Gasteiger partial charge in [-0.15, -0.1) is 11.3 Å². The van der Waals surface area contributed by atoms with Gasteiger partial charge in [-0.05, 0) is 36.3 Å². The van der Waals surface area contributed by atoms with Gasteiger partial charge in [-0.25, -0.2) is 0 Å². The largest absolute Gasteiger partial charge is 0.379 e. The van der Waals surface area contributed by atoms with Crippen molar-refractivity contribution in [2.45, 2.75) is 46.3 Å². The van der Waals surface area contributed by atoms with Gasteiger partial charge in [-0.3, -0.25) is 0 Å². The van der Waals surface area contributed by atoms with E-state index in [1.165, 1.54) is 10.4 Å². The smallest absolute Gasteiger partial charge is 0.107 e. The fourth-order valence-electron chi connectivity index (χ4n) is 1.84. The Morgan fingerprint density at radius 3 is 2.58 bits per heavy atom. The number of aryl methyl sites for hydroxylation is 1. The Morgan fingerprint density at radius 2 is 2.05 bits per heavy atom. The van der Waals surface area contributed by atoms with E-state index < -0.39 is 0 Å². The fraction of sp³-hybridized carbons (Fsp3) is 0.733. The maximum Gasteiger partial charge on any atom is 0.107 e. The second-order valence-electron chi connectivity index (χ2n) is 5.30. The van der Waals surface area contributed by atoms with Crippen LogP contribution in [0.2, 0.25) is 0 Å². The van der Waals surface area contributed by atoms with E-state index in [9.17, 15) is 0 Å². The summed E-state index contributed by atoms with van der Waals surface area (Å²) in [5.41, 5.74) is 7.45. The summed E-state index contributed by atoms with van der Waals surface area (Å²) in [5.74, 6) is 0.563. The first-order valence-electron chi connectivity index (χ1n) is 7.05. The maximum absolute atomic E-state index is 6.18. The zero-order valence-corrected chi connectivity index (χ0v) is 13.3. The Labute approximate surface area is 121 Å². The lowest BCUT2D eigenvalue weighted by atomic mass is 10.1. The molecule has 1 heterocycles. The zero-order chi connectivity index (χ0) is 14.3. The average molecular weight is 285 g/mol. The quantitative estimate of drug-likeness (QED) is 0.706. The molecule has 1 aromatic rings. The summed E-state index contributed by atoms with van der Waals surface area (Å²) in [4.78, 5) is 1.25. The number of hydrogen-bond donors (Lipinski definition) is 1. The molecule has 0 saturated heterocycles. The van der Waals surface area contributed by atoms with E-state index in [1.807, 2.05) is 0 Å². The molecule has 3 nitrogen and oxygen atoms in total. The Bertz CT molecular complexity index is 352. The molecule has 0 amide bonds. The lowest BCUT2D eigenvalue weighted by Gasteiger charge is -2.23. The van der Waals surface area contributed by atoms with Crippen LogP contribution in [0.4, 0.5) is 0 Å². The van der Waals surface area contributed by atoms with Crippen LogP contribution in [0.5, 0.6) is 0 Å². The van der Waals surface area contributed by atoms with E-state index in [0.29, 0.717) is 19.1 Å². The molecule has 0 fully saturated rings. The minimum Gasteiger partial charge on any atom is -0.379 e. The fourth-order valence-corrected chi connectivity index (χ4v) is 2.89. The van der Waals surface area contributed by atoms with Crippen LogP contribution in [0.3, 0.4) is 0 Å². The van der Waals surface area contributed by atoms with Gasteiger partial charge in [-0.2, -0.15) is 0 Å². The minimum atomic E-state index is -0.00681. The van der Waals surface area contributed by atoms with Crippen molar-refractivity contribution in [3.05, 3.63) is 21.9 Å². The Hall–Kier alpha value is -0.420. The number of thiophene rings is 1. The summed E-state index contributed by atoms with van der Waals surface area (Å²) in [6.45, 7) is 10.5. The molecular weight excluding hydrogens is 258 g/mol. The number of rotatable bonds is 9. The summed E-state index contributed by atoms with van der Waals surface area (Å²) < 4.78 is 11.5. The Morgan fingerprint density at radius 1 is 1.32 bits per heavy atom. The molecule has 0 aliphatic heterocycles. The molecule has 0 bridgehead atoms. The van der Waals surface area contributed by atoms with Gasteiger partial charge in [0.1, 0.15) is 6.10 Å². The normalized spacial score (nSPS) is 14.8. The van der Waals surface area contributed by atoms with E-state index in [2.05, 4.69) is 39.1 Å². The zero-order valence-electron chi connectivity index (χ0n) is 12.5. The third kappa shape index (κ3) is 5.61. The minimum absolute atomic E-state index is 0.00681. The van der Waals surface area contributed by atoms with Crippen molar-refractivity contribution in [1.29, 1.82) is 0 Å². The van der Waals surface area contributed by atoms with Gasteiger partial charge in [-0.1, -0.05) is 20.8 Å². The molecule has 0 spiro atoms. The summed E-state index contributed by atoms with van der Waals surface area (Å²) in [7, 11) is 0. The predicted molar refractivity (Wildman–Crippen MR) is 81.7 cm³/mol. The van der Waals surface area contributed by atoms with Crippen LogP contribution in [-0.2, 0) is 9.47 Å².